The maximum absolute atomic E-state index is 10.1. The Bertz CT molecular complexity index is 1320. The number of aryl methyl sites for hydroxylation is 2. The van der Waals surface area contributed by atoms with E-state index in [1.807, 2.05) is 38.1 Å². The molecule has 0 spiro atoms. The first kappa shape index (κ1) is 18.3. The molecule has 2 heteroatoms. The average Bonchev–Trinajstić information content (AvgIpc) is 2.77. The van der Waals surface area contributed by atoms with Gasteiger partial charge in [-0.2, -0.15) is 0 Å². The maximum atomic E-state index is 10.1. The molecular formula is C28H22O2. The minimum atomic E-state index is 0.297. The molecule has 0 saturated heterocycles. The Hall–Kier alpha value is -3.78. The summed E-state index contributed by atoms with van der Waals surface area (Å²) in [4.78, 5) is 0. The second-order valence-corrected chi connectivity index (χ2v) is 7.84. The summed E-state index contributed by atoms with van der Waals surface area (Å²) < 4.78 is 0. The Kier molecular flexibility index (Phi) is 4.22. The third kappa shape index (κ3) is 2.81. The molecule has 2 nitrogen and oxygen atoms in total. The third-order valence-corrected chi connectivity index (χ3v) is 5.90. The van der Waals surface area contributed by atoms with Gasteiger partial charge in [-0.25, -0.2) is 0 Å². The van der Waals surface area contributed by atoms with Crippen molar-refractivity contribution in [3.05, 3.63) is 96.1 Å². The molecule has 0 fully saturated rings. The number of hydrogen-bond acceptors (Lipinski definition) is 2. The minimum absolute atomic E-state index is 0.297. The van der Waals surface area contributed by atoms with Gasteiger partial charge in [-0.3, -0.25) is 0 Å². The van der Waals surface area contributed by atoms with Gasteiger partial charge in [0.1, 0.15) is 11.5 Å². The summed E-state index contributed by atoms with van der Waals surface area (Å²) in [6.45, 7) is 3.85. The summed E-state index contributed by atoms with van der Waals surface area (Å²) in [5.74, 6) is 0.594. The van der Waals surface area contributed by atoms with Gasteiger partial charge in [0.05, 0.1) is 0 Å². The van der Waals surface area contributed by atoms with Crippen molar-refractivity contribution in [3.63, 3.8) is 0 Å². The third-order valence-electron chi connectivity index (χ3n) is 5.90. The molecule has 5 aromatic carbocycles. The van der Waals surface area contributed by atoms with Gasteiger partial charge in [-0.15, -0.1) is 0 Å². The number of hydrogen-bond donors (Lipinski definition) is 2. The summed E-state index contributed by atoms with van der Waals surface area (Å²) in [6.07, 6.45) is 0. The smallest absolute Gasteiger partial charge is 0.118 e. The monoisotopic (exact) mass is 390 g/mol. The van der Waals surface area contributed by atoms with E-state index in [4.69, 9.17) is 0 Å². The van der Waals surface area contributed by atoms with E-state index in [1.165, 1.54) is 21.5 Å². The van der Waals surface area contributed by atoms with E-state index in [0.29, 0.717) is 11.5 Å². The van der Waals surface area contributed by atoms with Gasteiger partial charge in [0.25, 0.3) is 0 Å². The van der Waals surface area contributed by atoms with Crippen LogP contribution in [0.2, 0.25) is 0 Å². The zero-order valence-electron chi connectivity index (χ0n) is 17.0. The first-order chi connectivity index (χ1) is 14.5. The van der Waals surface area contributed by atoms with Crippen molar-refractivity contribution in [2.45, 2.75) is 13.8 Å². The Morgan fingerprint density at radius 1 is 0.467 bits per heavy atom. The fourth-order valence-corrected chi connectivity index (χ4v) is 4.36. The van der Waals surface area contributed by atoms with E-state index in [9.17, 15) is 10.2 Å². The average molecular weight is 390 g/mol. The molecule has 146 valence electrons. The highest BCUT2D eigenvalue weighted by Gasteiger charge is 2.18. The van der Waals surface area contributed by atoms with Crippen molar-refractivity contribution in [2.24, 2.45) is 0 Å². The predicted octanol–water partition coefficient (Wildman–Crippen LogP) is 7.36. The number of phenolic OH excluding ortho intramolecular Hbond substituents is 2. The van der Waals surface area contributed by atoms with Crippen molar-refractivity contribution >= 4 is 21.5 Å². The zero-order valence-corrected chi connectivity index (χ0v) is 17.0. The summed E-state index contributed by atoms with van der Waals surface area (Å²) in [5, 5.41) is 24.9. The molecule has 0 atom stereocenters. The van der Waals surface area contributed by atoms with Gasteiger partial charge in [-0.05, 0) is 93.0 Å². The Morgan fingerprint density at radius 2 is 0.833 bits per heavy atom. The van der Waals surface area contributed by atoms with Gasteiger partial charge in [0.2, 0.25) is 0 Å². The van der Waals surface area contributed by atoms with Crippen LogP contribution < -0.4 is 0 Å². The lowest BCUT2D eigenvalue weighted by atomic mass is 9.84. The van der Waals surface area contributed by atoms with Crippen LogP contribution in [0.15, 0.2) is 84.9 Å². The van der Waals surface area contributed by atoms with E-state index >= 15 is 0 Å². The summed E-state index contributed by atoms with van der Waals surface area (Å²) in [6, 6.07) is 28.5. The highest BCUT2D eigenvalue weighted by atomic mass is 16.3. The van der Waals surface area contributed by atoms with Crippen molar-refractivity contribution in [1.82, 2.24) is 0 Å². The van der Waals surface area contributed by atoms with E-state index in [0.717, 1.165) is 33.4 Å². The van der Waals surface area contributed by atoms with Crippen LogP contribution in [0, 0.1) is 13.8 Å². The number of rotatable bonds is 2. The quantitative estimate of drug-likeness (QED) is 0.309. The van der Waals surface area contributed by atoms with E-state index < -0.39 is 0 Å². The zero-order chi connectivity index (χ0) is 20.8. The molecule has 0 aliphatic rings. The molecule has 5 rings (SSSR count). The van der Waals surface area contributed by atoms with Crippen molar-refractivity contribution in [1.29, 1.82) is 0 Å². The SMILES string of the molecule is Cc1cc(-c2c(-c3ccc(O)c(C)c3)c3ccccc3c3ccccc23)ccc1O. The van der Waals surface area contributed by atoms with Crippen LogP contribution in [0.25, 0.3) is 43.8 Å². The summed E-state index contributed by atoms with van der Waals surface area (Å²) in [5.41, 5.74) is 6.09. The Morgan fingerprint density at radius 3 is 1.20 bits per heavy atom. The Balaban J connectivity index is 2.01. The summed E-state index contributed by atoms with van der Waals surface area (Å²) >= 11 is 0. The molecule has 2 N–H and O–H groups in total. The van der Waals surface area contributed by atoms with Crippen LogP contribution in [0.3, 0.4) is 0 Å². The molecule has 0 heterocycles. The van der Waals surface area contributed by atoms with Crippen molar-refractivity contribution < 1.29 is 10.2 Å². The number of aromatic hydroxyl groups is 2. The maximum Gasteiger partial charge on any atom is 0.118 e. The van der Waals surface area contributed by atoms with Crippen LogP contribution in [0.1, 0.15) is 11.1 Å². The molecular weight excluding hydrogens is 368 g/mol. The molecule has 5 aromatic rings. The molecule has 0 aliphatic heterocycles. The van der Waals surface area contributed by atoms with Gasteiger partial charge < -0.3 is 10.2 Å². The van der Waals surface area contributed by atoms with Crippen LogP contribution in [0.5, 0.6) is 11.5 Å². The molecule has 0 unspecified atom stereocenters. The normalized spacial score (nSPS) is 11.3. The Labute approximate surface area is 175 Å². The van der Waals surface area contributed by atoms with Crippen LogP contribution in [-0.2, 0) is 0 Å². The van der Waals surface area contributed by atoms with E-state index in [2.05, 4.69) is 48.5 Å². The lowest BCUT2D eigenvalue weighted by Gasteiger charge is -2.19. The lowest BCUT2D eigenvalue weighted by Crippen LogP contribution is -1.92. The van der Waals surface area contributed by atoms with Gasteiger partial charge in [0, 0.05) is 0 Å². The first-order valence-electron chi connectivity index (χ1n) is 10.1. The minimum Gasteiger partial charge on any atom is -0.508 e. The number of phenols is 2. The lowest BCUT2D eigenvalue weighted by molar-refractivity contribution is 0.470. The molecule has 0 bridgehead atoms. The van der Waals surface area contributed by atoms with E-state index in [1.54, 1.807) is 12.1 Å². The second kappa shape index (κ2) is 6.93. The van der Waals surface area contributed by atoms with Gasteiger partial charge >= 0.3 is 0 Å². The van der Waals surface area contributed by atoms with Gasteiger partial charge in [0.15, 0.2) is 0 Å². The molecule has 0 radical (unpaired) electrons. The van der Waals surface area contributed by atoms with Gasteiger partial charge in [-0.1, -0.05) is 60.7 Å². The highest BCUT2D eigenvalue weighted by Crippen LogP contribution is 2.45. The van der Waals surface area contributed by atoms with Crippen molar-refractivity contribution in [2.75, 3.05) is 0 Å². The molecule has 0 aromatic heterocycles. The first-order valence-corrected chi connectivity index (χ1v) is 10.1. The standard InChI is InChI=1S/C28H22O2/c1-17-15-19(11-13-25(17)29)27-23-9-5-3-7-21(23)22-8-4-6-10-24(22)28(27)20-12-14-26(30)18(2)16-20/h3-16,29-30H,1-2H3. The fraction of sp³-hybridized carbons (Fsp3) is 0.0714. The van der Waals surface area contributed by atoms with Crippen molar-refractivity contribution in [3.8, 4) is 33.8 Å². The number of fused-ring (bicyclic) bond motifs is 3. The number of benzene rings is 5. The topological polar surface area (TPSA) is 40.5 Å². The largest absolute Gasteiger partial charge is 0.508 e. The van der Waals surface area contributed by atoms with Crippen LogP contribution in [-0.4, -0.2) is 10.2 Å². The summed E-state index contributed by atoms with van der Waals surface area (Å²) in [7, 11) is 0. The molecule has 30 heavy (non-hydrogen) atoms. The van der Waals surface area contributed by atoms with Crippen LogP contribution >= 0.6 is 0 Å². The molecule has 0 amide bonds. The molecule has 0 saturated carbocycles. The fourth-order valence-electron chi connectivity index (χ4n) is 4.36. The van der Waals surface area contributed by atoms with E-state index in [-0.39, 0.29) is 0 Å². The highest BCUT2D eigenvalue weighted by molar-refractivity contribution is 6.21. The molecule has 0 aliphatic carbocycles. The predicted molar refractivity (Wildman–Crippen MR) is 125 cm³/mol. The van der Waals surface area contributed by atoms with Crippen LogP contribution in [0.4, 0.5) is 0 Å². The second-order valence-electron chi connectivity index (χ2n) is 7.84.